The van der Waals surface area contributed by atoms with Crippen LogP contribution in [0.1, 0.15) is 62.6 Å². The van der Waals surface area contributed by atoms with Gasteiger partial charge in [-0.2, -0.15) is 5.10 Å². The number of aliphatic carboxylic acids is 1. The summed E-state index contributed by atoms with van der Waals surface area (Å²) >= 11 is 0. The molecule has 0 unspecified atom stereocenters. The molecular weight excluding hydrogens is 437 g/mol. The predicted molar refractivity (Wildman–Crippen MR) is 127 cm³/mol. The number of nitrogens with zero attached hydrogens (tertiary/aromatic N) is 2. The van der Waals surface area contributed by atoms with E-state index in [1.54, 1.807) is 18.3 Å². The molecule has 0 aliphatic heterocycles. The molecule has 0 bridgehead atoms. The smallest absolute Gasteiger partial charge is 0.335 e. The number of fused-ring (bicyclic) bond motifs is 2. The van der Waals surface area contributed by atoms with E-state index in [9.17, 15) is 19.4 Å². The second-order valence-corrected chi connectivity index (χ2v) is 9.55. The lowest BCUT2D eigenvalue weighted by Gasteiger charge is -2.33. The molecule has 7 nitrogen and oxygen atoms in total. The van der Waals surface area contributed by atoms with Crippen molar-refractivity contribution in [3.8, 4) is 11.4 Å². The highest BCUT2D eigenvalue weighted by atomic mass is 19.1. The fourth-order valence-electron chi connectivity index (χ4n) is 5.43. The number of aromatic nitrogens is 3. The number of rotatable bonds is 5. The van der Waals surface area contributed by atoms with Crippen molar-refractivity contribution in [2.45, 2.75) is 57.0 Å². The molecule has 3 N–H and O–H groups in total. The second kappa shape index (κ2) is 8.13. The minimum atomic E-state index is -1.67. The Bertz CT molecular complexity index is 1400. The molecule has 1 saturated carbocycles. The molecule has 1 aliphatic rings. The number of aromatic amines is 1. The van der Waals surface area contributed by atoms with Gasteiger partial charge in [0, 0.05) is 28.2 Å². The Morgan fingerprint density at radius 2 is 2.00 bits per heavy atom. The summed E-state index contributed by atoms with van der Waals surface area (Å²) in [5, 5.41) is 29.2. The molecule has 5 rings (SSSR count). The van der Waals surface area contributed by atoms with Crippen LogP contribution in [-0.4, -0.2) is 43.7 Å². The van der Waals surface area contributed by atoms with Crippen LogP contribution in [0, 0.1) is 5.82 Å². The first-order valence-corrected chi connectivity index (χ1v) is 11.5. The van der Waals surface area contributed by atoms with Crippen LogP contribution in [-0.2, 0) is 4.79 Å². The molecule has 0 radical (unpaired) electrons. The highest BCUT2D eigenvalue weighted by Crippen LogP contribution is 2.46. The predicted octanol–water partition coefficient (Wildman–Crippen LogP) is 5.25. The third-order valence-electron chi connectivity index (χ3n) is 7.16. The molecule has 0 amide bonds. The second-order valence-electron chi connectivity index (χ2n) is 9.55. The van der Waals surface area contributed by atoms with Gasteiger partial charge in [0.2, 0.25) is 0 Å². The van der Waals surface area contributed by atoms with E-state index in [2.05, 4.69) is 40.7 Å². The van der Waals surface area contributed by atoms with E-state index in [1.807, 2.05) is 0 Å². The van der Waals surface area contributed by atoms with Crippen molar-refractivity contribution in [1.82, 2.24) is 14.8 Å². The monoisotopic (exact) mass is 465 g/mol. The Balaban J connectivity index is 1.77. The molecule has 0 saturated heterocycles. The molecule has 4 aromatic rings. The number of carboxylic acids is 1. The summed E-state index contributed by atoms with van der Waals surface area (Å²) in [5.41, 5.74) is 3.25. The van der Waals surface area contributed by atoms with Gasteiger partial charge in [-0.05, 0) is 67.3 Å². The van der Waals surface area contributed by atoms with Crippen LogP contribution in [0.15, 0.2) is 36.5 Å². The maximum Gasteiger partial charge on any atom is 0.335 e. The minimum Gasteiger partial charge on any atom is -0.494 e. The first-order chi connectivity index (χ1) is 16.2. The number of ether oxygens (including phenoxy) is 1. The molecule has 1 aliphatic carbocycles. The zero-order chi connectivity index (χ0) is 24.2. The van der Waals surface area contributed by atoms with E-state index in [0.717, 1.165) is 38.8 Å². The van der Waals surface area contributed by atoms with Crippen molar-refractivity contribution in [3.63, 3.8) is 0 Å². The summed E-state index contributed by atoms with van der Waals surface area (Å²) in [5.74, 6) is -1.19. The first-order valence-electron chi connectivity index (χ1n) is 11.5. The van der Waals surface area contributed by atoms with Crippen LogP contribution in [0.5, 0.6) is 5.75 Å². The van der Waals surface area contributed by atoms with E-state index in [-0.39, 0.29) is 30.4 Å². The first kappa shape index (κ1) is 22.4. The van der Waals surface area contributed by atoms with E-state index in [4.69, 9.17) is 4.74 Å². The SMILES string of the molecule is COc1cc(-n2c(C(C)C)c([C@H]3CC[C@](O)(C(=O)O)CC3)c3cc4[nH]ncc4cc32)ccc1F. The molecule has 178 valence electrons. The van der Waals surface area contributed by atoms with Crippen molar-refractivity contribution >= 4 is 27.8 Å². The van der Waals surface area contributed by atoms with Crippen LogP contribution in [0.25, 0.3) is 27.5 Å². The van der Waals surface area contributed by atoms with Gasteiger partial charge >= 0.3 is 5.97 Å². The lowest BCUT2D eigenvalue weighted by molar-refractivity contribution is -0.162. The van der Waals surface area contributed by atoms with Crippen molar-refractivity contribution in [2.75, 3.05) is 7.11 Å². The van der Waals surface area contributed by atoms with Gasteiger partial charge in [-0.15, -0.1) is 0 Å². The summed E-state index contributed by atoms with van der Waals surface area (Å²) in [6, 6.07) is 9.03. The van der Waals surface area contributed by atoms with Gasteiger partial charge in [-0.1, -0.05) is 13.8 Å². The van der Waals surface area contributed by atoms with Crippen molar-refractivity contribution < 1.29 is 24.1 Å². The number of benzene rings is 2. The van der Waals surface area contributed by atoms with Gasteiger partial charge in [0.25, 0.3) is 0 Å². The third-order valence-corrected chi connectivity index (χ3v) is 7.16. The molecule has 0 spiro atoms. The number of hydrogen-bond acceptors (Lipinski definition) is 4. The maximum atomic E-state index is 14.2. The van der Waals surface area contributed by atoms with Gasteiger partial charge in [-0.3, -0.25) is 5.10 Å². The Kier molecular flexibility index (Phi) is 5.36. The van der Waals surface area contributed by atoms with Crippen LogP contribution >= 0.6 is 0 Å². The van der Waals surface area contributed by atoms with E-state index < -0.39 is 17.4 Å². The fraction of sp³-hybridized carbons (Fsp3) is 0.385. The number of nitrogens with one attached hydrogen (secondary N) is 1. The third kappa shape index (κ3) is 3.44. The Morgan fingerprint density at radius 1 is 1.26 bits per heavy atom. The number of halogens is 1. The normalized spacial score (nSPS) is 20.9. The lowest BCUT2D eigenvalue weighted by atomic mass is 9.74. The van der Waals surface area contributed by atoms with E-state index in [0.29, 0.717) is 12.8 Å². The summed E-state index contributed by atoms with van der Waals surface area (Å²) in [6.45, 7) is 4.25. The number of carboxylic acid groups (broad SMARTS) is 1. The number of carbonyl (C=O) groups is 1. The van der Waals surface area contributed by atoms with Gasteiger partial charge in [0.1, 0.15) is 0 Å². The molecule has 2 heterocycles. The maximum absolute atomic E-state index is 14.2. The topological polar surface area (TPSA) is 100 Å². The minimum absolute atomic E-state index is 0.0866. The summed E-state index contributed by atoms with van der Waals surface area (Å²) < 4.78 is 21.7. The van der Waals surface area contributed by atoms with Gasteiger partial charge < -0.3 is 19.5 Å². The van der Waals surface area contributed by atoms with Crippen LogP contribution in [0.4, 0.5) is 4.39 Å². The number of methoxy groups -OCH3 is 1. The largest absolute Gasteiger partial charge is 0.494 e. The lowest BCUT2D eigenvalue weighted by Crippen LogP contribution is -2.41. The average molecular weight is 466 g/mol. The van der Waals surface area contributed by atoms with Gasteiger partial charge in [0.15, 0.2) is 17.2 Å². The highest BCUT2D eigenvalue weighted by molar-refractivity contribution is 5.99. The summed E-state index contributed by atoms with van der Waals surface area (Å²) in [6.07, 6.45) is 3.31. The Morgan fingerprint density at radius 3 is 2.65 bits per heavy atom. The Labute approximate surface area is 196 Å². The van der Waals surface area contributed by atoms with Crippen molar-refractivity contribution in [1.29, 1.82) is 0 Å². The highest BCUT2D eigenvalue weighted by Gasteiger charge is 2.41. The standard InChI is InChI=1S/C26H28FN3O4/c1-14(2)24-23(15-6-8-26(33,9-7-15)25(31)32)18-12-20-16(13-28-29-20)10-21(18)30(24)17-4-5-19(27)22(11-17)34-3/h4-5,10-15,33H,6-9H2,1-3H3,(H,28,29)(H,31,32)/t15-,26+. The van der Waals surface area contributed by atoms with Gasteiger partial charge in [-0.25, -0.2) is 9.18 Å². The zero-order valence-electron chi connectivity index (χ0n) is 19.4. The number of H-pyrrole nitrogens is 1. The van der Waals surface area contributed by atoms with E-state index >= 15 is 0 Å². The molecule has 1 fully saturated rings. The van der Waals surface area contributed by atoms with Crippen LogP contribution in [0.2, 0.25) is 0 Å². The summed E-state index contributed by atoms with van der Waals surface area (Å²) in [4.78, 5) is 11.6. The zero-order valence-corrected chi connectivity index (χ0v) is 19.4. The van der Waals surface area contributed by atoms with Crippen LogP contribution in [0.3, 0.4) is 0 Å². The molecule has 2 aromatic heterocycles. The fourth-order valence-corrected chi connectivity index (χ4v) is 5.43. The van der Waals surface area contributed by atoms with Crippen molar-refractivity contribution in [3.05, 3.63) is 53.6 Å². The number of aliphatic hydroxyl groups is 1. The van der Waals surface area contributed by atoms with Crippen LogP contribution < -0.4 is 4.74 Å². The molecule has 34 heavy (non-hydrogen) atoms. The average Bonchev–Trinajstić information content (AvgIpc) is 3.40. The molecule has 0 atom stereocenters. The van der Waals surface area contributed by atoms with E-state index in [1.165, 1.54) is 13.2 Å². The van der Waals surface area contributed by atoms with Gasteiger partial charge in [0.05, 0.1) is 24.3 Å². The quantitative estimate of drug-likeness (QED) is 0.374. The number of hydrogen-bond donors (Lipinski definition) is 3. The molecule has 2 aromatic carbocycles. The Hall–Kier alpha value is -3.39. The van der Waals surface area contributed by atoms with Crippen molar-refractivity contribution in [2.24, 2.45) is 0 Å². The molecule has 8 heteroatoms. The molecular formula is C26H28FN3O4. The summed E-state index contributed by atoms with van der Waals surface area (Å²) in [7, 11) is 1.45.